The van der Waals surface area contributed by atoms with Crippen LogP contribution in [0.2, 0.25) is 0 Å². The minimum atomic E-state index is -2.98. The summed E-state index contributed by atoms with van der Waals surface area (Å²) in [5.74, 6) is 0.0896. The van der Waals surface area contributed by atoms with E-state index < -0.39 is 9.84 Å². The number of nitrogens with one attached hydrogen (secondary N) is 1. The standard InChI is InChI=1S/C12H24N2O3S/c1-2-3-10(4-6-13)8-14-12(15)11-5-7-18(16,17)9-11/h10-11H,2-9,13H2,1H3,(H,14,15). The predicted octanol–water partition coefficient (Wildman–Crippen LogP) is 0.302. The summed E-state index contributed by atoms with van der Waals surface area (Å²) in [6, 6.07) is 0. The van der Waals surface area contributed by atoms with Gasteiger partial charge in [-0.3, -0.25) is 4.79 Å². The minimum Gasteiger partial charge on any atom is -0.356 e. The van der Waals surface area contributed by atoms with Gasteiger partial charge in [0, 0.05) is 6.54 Å². The SMILES string of the molecule is CCCC(CCN)CNC(=O)C1CCS(=O)(=O)C1. The van der Waals surface area contributed by atoms with Crippen LogP contribution in [0.5, 0.6) is 0 Å². The van der Waals surface area contributed by atoms with Crippen LogP contribution in [-0.2, 0) is 14.6 Å². The maximum absolute atomic E-state index is 11.8. The van der Waals surface area contributed by atoms with E-state index in [0.29, 0.717) is 25.4 Å². The summed E-state index contributed by atoms with van der Waals surface area (Å²) in [4.78, 5) is 11.8. The van der Waals surface area contributed by atoms with Crippen molar-refractivity contribution in [1.29, 1.82) is 0 Å². The summed E-state index contributed by atoms with van der Waals surface area (Å²) < 4.78 is 22.6. The van der Waals surface area contributed by atoms with Crippen LogP contribution in [0.15, 0.2) is 0 Å². The highest BCUT2D eigenvalue weighted by Crippen LogP contribution is 2.18. The average Bonchev–Trinajstić information content (AvgIpc) is 2.67. The number of hydrogen-bond acceptors (Lipinski definition) is 4. The summed E-state index contributed by atoms with van der Waals surface area (Å²) in [6.07, 6.45) is 3.47. The molecule has 106 valence electrons. The van der Waals surface area contributed by atoms with Gasteiger partial charge in [-0.1, -0.05) is 13.3 Å². The number of nitrogens with two attached hydrogens (primary N) is 1. The Kier molecular flexibility index (Phi) is 6.08. The van der Waals surface area contributed by atoms with E-state index in [2.05, 4.69) is 12.2 Å². The molecule has 1 saturated heterocycles. The molecule has 2 atom stereocenters. The maximum atomic E-state index is 11.8. The van der Waals surface area contributed by atoms with E-state index in [0.717, 1.165) is 19.3 Å². The van der Waals surface area contributed by atoms with Gasteiger partial charge < -0.3 is 11.1 Å². The van der Waals surface area contributed by atoms with Crippen LogP contribution in [0.4, 0.5) is 0 Å². The lowest BCUT2D eigenvalue weighted by molar-refractivity contribution is -0.124. The first-order valence-corrected chi connectivity index (χ1v) is 8.49. The summed E-state index contributed by atoms with van der Waals surface area (Å²) in [6.45, 7) is 3.34. The number of carbonyl (C=O) groups is 1. The predicted molar refractivity (Wildman–Crippen MR) is 71.8 cm³/mol. The topological polar surface area (TPSA) is 89.3 Å². The lowest BCUT2D eigenvalue weighted by atomic mass is 9.99. The van der Waals surface area contributed by atoms with E-state index in [1.165, 1.54) is 0 Å². The first-order chi connectivity index (χ1) is 8.48. The van der Waals surface area contributed by atoms with Crippen molar-refractivity contribution in [3.8, 4) is 0 Å². The van der Waals surface area contributed by atoms with Gasteiger partial charge in [0.2, 0.25) is 5.91 Å². The maximum Gasteiger partial charge on any atom is 0.224 e. The van der Waals surface area contributed by atoms with Gasteiger partial charge in [0.15, 0.2) is 9.84 Å². The van der Waals surface area contributed by atoms with E-state index in [4.69, 9.17) is 5.73 Å². The normalized spacial score (nSPS) is 23.8. The number of rotatable bonds is 7. The molecular weight excluding hydrogens is 252 g/mol. The highest BCUT2D eigenvalue weighted by atomic mass is 32.2. The summed E-state index contributed by atoms with van der Waals surface area (Å²) >= 11 is 0. The number of sulfone groups is 1. The van der Waals surface area contributed by atoms with Crippen molar-refractivity contribution in [2.75, 3.05) is 24.6 Å². The van der Waals surface area contributed by atoms with E-state index in [1.54, 1.807) is 0 Å². The quantitative estimate of drug-likeness (QED) is 0.700. The molecule has 1 aliphatic heterocycles. The van der Waals surface area contributed by atoms with Gasteiger partial charge in [-0.15, -0.1) is 0 Å². The van der Waals surface area contributed by atoms with Crippen LogP contribution in [0.25, 0.3) is 0 Å². The smallest absolute Gasteiger partial charge is 0.224 e. The molecule has 1 fully saturated rings. The molecule has 1 heterocycles. The zero-order valence-corrected chi connectivity index (χ0v) is 11.8. The molecule has 0 aromatic rings. The van der Waals surface area contributed by atoms with Gasteiger partial charge in [-0.2, -0.15) is 0 Å². The molecule has 3 N–H and O–H groups in total. The Morgan fingerprint density at radius 2 is 2.17 bits per heavy atom. The first kappa shape index (κ1) is 15.4. The fourth-order valence-corrected chi connectivity index (χ4v) is 4.12. The van der Waals surface area contributed by atoms with Crippen molar-refractivity contribution in [2.24, 2.45) is 17.6 Å². The van der Waals surface area contributed by atoms with Crippen molar-refractivity contribution >= 4 is 15.7 Å². The molecule has 1 rings (SSSR count). The van der Waals surface area contributed by atoms with Gasteiger partial charge in [0.05, 0.1) is 17.4 Å². The van der Waals surface area contributed by atoms with Gasteiger partial charge in [0.1, 0.15) is 0 Å². The third-order valence-corrected chi connectivity index (χ3v) is 5.21. The van der Waals surface area contributed by atoms with Crippen LogP contribution in [0.1, 0.15) is 32.6 Å². The van der Waals surface area contributed by atoms with E-state index in [-0.39, 0.29) is 23.3 Å². The Balaban J connectivity index is 2.36. The van der Waals surface area contributed by atoms with Crippen LogP contribution < -0.4 is 11.1 Å². The third kappa shape index (κ3) is 4.94. The second kappa shape index (κ2) is 7.09. The molecule has 5 nitrogen and oxygen atoms in total. The van der Waals surface area contributed by atoms with Gasteiger partial charge in [-0.25, -0.2) is 8.42 Å². The Labute approximate surface area is 109 Å². The molecule has 0 saturated carbocycles. The van der Waals surface area contributed by atoms with Crippen molar-refractivity contribution < 1.29 is 13.2 Å². The number of carbonyl (C=O) groups excluding carboxylic acids is 1. The molecule has 1 aliphatic rings. The molecule has 0 radical (unpaired) electrons. The van der Waals surface area contributed by atoms with Crippen molar-refractivity contribution in [2.45, 2.75) is 32.6 Å². The summed E-state index contributed by atoms with van der Waals surface area (Å²) in [5.41, 5.74) is 5.53. The monoisotopic (exact) mass is 276 g/mol. The number of hydrogen-bond donors (Lipinski definition) is 2. The summed E-state index contributed by atoms with van der Waals surface area (Å²) in [7, 11) is -2.98. The van der Waals surface area contributed by atoms with E-state index >= 15 is 0 Å². The highest BCUT2D eigenvalue weighted by Gasteiger charge is 2.32. The Morgan fingerprint density at radius 3 is 2.67 bits per heavy atom. The van der Waals surface area contributed by atoms with E-state index in [1.807, 2.05) is 0 Å². The van der Waals surface area contributed by atoms with E-state index in [9.17, 15) is 13.2 Å². The van der Waals surface area contributed by atoms with Crippen LogP contribution in [-0.4, -0.2) is 38.9 Å². The average molecular weight is 276 g/mol. The molecule has 0 aliphatic carbocycles. The Bertz CT molecular complexity index is 362. The molecule has 6 heteroatoms. The second-order valence-corrected chi connectivity index (χ2v) is 7.31. The number of amides is 1. The van der Waals surface area contributed by atoms with Gasteiger partial charge in [-0.05, 0) is 31.7 Å². The zero-order valence-electron chi connectivity index (χ0n) is 11.0. The van der Waals surface area contributed by atoms with Crippen LogP contribution >= 0.6 is 0 Å². The second-order valence-electron chi connectivity index (χ2n) is 5.08. The van der Waals surface area contributed by atoms with Crippen molar-refractivity contribution in [3.63, 3.8) is 0 Å². The van der Waals surface area contributed by atoms with Crippen molar-refractivity contribution in [3.05, 3.63) is 0 Å². The van der Waals surface area contributed by atoms with Crippen molar-refractivity contribution in [1.82, 2.24) is 5.32 Å². The third-order valence-electron chi connectivity index (χ3n) is 3.44. The Hall–Kier alpha value is -0.620. The minimum absolute atomic E-state index is 0.00810. The fraction of sp³-hybridized carbons (Fsp3) is 0.917. The highest BCUT2D eigenvalue weighted by molar-refractivity contribution is 7.91. The molecule has 2 unspecified atom stereocenters. The van der Waals surface area contributed by atoms with Crippen LogP contribution in [0, 0.1) is 11.8 Å². The molecule has 0 spiro atoms. The lowest BCUT2D eigenvalue weighted by Gasteiger charge is -2.17. The largest absolute Gasteiger partial charge is 0.356 e. The van der Waals surface area contributed by atoms with Gasteiger partial charge in [0.25, 0.3) is 0 Å². The molecule has 0 aromatic heterocycles. The van der Waals surface area contributed by atoms with Gasteiger partial charge >= 0.3 is 0 Å². The zero-order chi connectivity index (χ0) is 13.6. The molecule has 1 amide bonds. The fourth-order valence-electron chi connectivity index (χ4n) is 2.38. The molecule has 18 heavy (non-hydrogen) atoms. The molecular formula is C12H24N2O3S. The molecule has 0 bridgehead atoms. The Morgan fingerprint density at radius 1 is 1.44 bits per heavy atom. The first-order valence-electron chi connectivity index (χ1n) is 6.66. The van der Waals surface area contributed by atoms with Crippen LogP contribution in [0.3, 0.4) is 0 Å². The summed E-state index contributed by atoms with van der Waals surface area (Å²) in [5, 5.41) is 2.87. The molecule has 0 aromatic carbocycles. The lowest BCUT2D eigenvalue weighted by Crippen LogP contribution is -2.35.